The molecule has 1 nitrogen and oxygen atoms in total. The molecule has 16 heavy (non-hydrogen) atoms. The van der Waals surface area contributed by atoms with Crippen molar-refractivity contribution in [3.8, 4) is 0 Å². The lowest BCUT2D eigenvalue weighted by atomic mass is 10.0. The third-order valence-electron chi connectivity index (χ3n) is 2.70. The van der Waals surface area contributed by atoms with Crippen LogP contribution in [0.5, 0.6) is 0 Å². The zero-order valence-electron chi connectivity index (χ0n) is 9.29. The number of hydrogen-bond acceptors (Lipinski definition) is 3. The monoisotopic (exact) mass is 315 g/mol. The summed E-state index contributed by atoms with van der Waals surface area (Å²) in [5.74, 6) is 0. The maximum atomic E-state index is 3.59. The van der Waals surface area contributed by atoms with Crippen LogP contribution in [0.1, 0.15) is 22.0 Å². The molecule has 1 atom stereocenters. The number of nitrogens with one attached hydrogen (secondary N) is 1. The van der Waals surface area contributed by atoms with Crippen LogP contribution in [0.4, 0.5) is 0 Å². The minimum absolute atomic E-state index is 0.418. The average molecular weight is 316 g/mol. The first-order chi connectivity index (χ1) is 7.72. The van der Waals surface area contributed by atoms with E-state index in [1.165, 1.54) is 20.5 Å². The number of likely N-dealkylation sites (N-methyl/N-ethyl adjacent to an activating group) is 1. The van der Waals surface area contributed by atoms with Crippen LogP contribution >= 0.6 is 38.6 Å². The smallest absolute Gasteiger partial charge is 0.0377 e. The zero-order chi connectivity index (χ0) is 11.5. The van der Waals surface area contributed by atoms with E-state index in [1.807, 2.05) is 18.4 Å². The van der Waals surface area contributed by atoms with Crippen LogP contribution < -0.4 is 5.32 Å². The van der Waals surface area contributed by atoms with Gasteiger partial charge in [0.2, 0.25) is 0 Å². The van der Waals surface area contributed by atoms with Gasteiger partial charge in [-0.25, -0.2) is 0 Å². The van der Waals surface area contributed by atoms with Crippen molar-refractivity contribution in [3.05, 3.63) is 42.7 Å². The molecule has 0 saturated carbocycles. The van der Waals surface area contributed by atoms with Gasteiger partial charge in [-0.1, -0.05) is 0 Å². The van der Waals surface area contributed by atoms with Gasteiger partial charge in [0.1, 0.15) is 0 Å². The van der Waals surface area contributed by atoms with Gasteiger partial charge in [-0.15, -0.1) is 11.3 Å². The van der Waals surface area contributed by atoms with E-state index in [0.717, 1.165) is 6.42 Å². The number of rotatable bonds is 4. The minimum Gasteiger partial charge on any atom is -0.313 e. The van der Waals surface area contributed by atoms with E-state index in [4.69, 9.17) is 0 Å². The van der Waals surface area contributed by atoms with Crippen LogP contribution in [-0.2, 0) is 6.42 Å². The van der Waals surface area contributed by atoms with Gasteiger partial charge in [0.15, 0.2) is 0 Å². The predicted molar refractivity (Wildman–Crippen MR) is 76.6 cm³/mol. The van der Waals surface area contributed by atoms with Crippen LogP contribution in [-0.4, -0.2) is 7.05 Å². The Bertz CT molecular complexity index is 461. The SMILES string of the molecule is CNC(Cc1sccc1Br)c1cscc1C. The largest absolute Gasteiger partial charge is 0.313 e. The van der Waals surface area contributed by atoms with E-state index in [9.17, 15) is 0 Å². The van der Waals surface area contributed by atoms with Crippen molar-refractivity contribution >= 4 is 38.6 Å². The third-order valence-corrected chi connectivity index (χ3v) is 5.53. The van der Waals surface area contributed by atoms with Crippen molar-refractivity contribution in [2.45, 2.75) is 19.4 Å². The van der Waals surface area contributed by atoms with Crippen LogP contribution in [0.2, 0.25) is 0 Å². The fraction of sp³-hybridized carbons (Fsp3) is 0.333. The summed E-state index contributed by atoms with van der Waals surface area (Å²) in [6.07, 6.45) is 1.05. The molecule has 0 aromatic carbocycles. The number of halogens is 1. The molecule has 0 bridgehead atoms. The molecule has 1 unspecified atom stereocenters. The number of aryl methyl sites for hydroxylation is 1. The highest BCUT2D eigenvalue weighted by Crippen LogP contribution is 2.30. The van der Waals surface area contributed by atoms with E-state index in [1.54, 1.807) is 11.3 Å². The van der Waals surface area contributed by atoms with Gasteiger partial charge in [0, 0.05) is 21.8 Å². The maximum Gasteiger partial charge on any atom is 0.0377 e. The Hall–Kier alpha value is -0.160. The molecule has 86 valence electrons. The van der Waals surface area contributed by atoms with Crippen molar-refractivity contribution in [1.29, 1.82) is 0 Å². The predicted octanol–water partition coefficient (Wildman–Crippen LogP) is 4.38. The van der Waals surface area contributed by atoms with Crippen molar-refractivity contribution < 1.29 is 0 Å². The molecule has 0 fully saturated rings. The molecule has 0 aliphatic carbocycles. The Morgan fingerprint density at radius 1 is 1.44 bits per heavy atom. The summed E-state index contributed by atoms with van der Waals surface area (Å²) in [4.78, 5) is 1.41. The molecule has 0 radical (unpaired) electrons. The first-order valence-corrected chi connectivity index (χ1v) is 7.75. The third kappa shape index (κ3) is 2.56. The van der Waals surface area contributed by atoms with Crippen molar-refractivity contribution in [1.82, 2.24) is 5.32 Å². The average Bonchev–Trinajstić information content (AvgIpc) is 2.85. The van der Waals surface area contributed by atoms with Gasteiger partial charge in [0.25, 0.3) is 0 Å². The molecule has 2 aromatic rings. The van der Waals surface area contributed by atoms with Crippen LogP contribution in [0, 0.1) is 6.92 Å². The van der Waals surface area contributed by atoms with Crippen LogP contribution in [0.3, 0.4) is 0 Å². The summed E-state index contributed by atoms with van der Waals surface area (Å²) in [5.41, 5.74) is 2.81. The van der Waals surface area contributed by atoms with Gasteiger partial charge < -0.3 is 5.32 Å². The molecular weight excluding hydrogens is 302 g/mol. The fourth-order valence-electron chi connectivity index (χ4n) is 1.75. The Morgan fingerprint density at radius 3 is 2.75 bits per heavy atom. The Labute approximate surface area is 113 Å². The van der Waals surface area contributed by atoms with E-state index >= 15 is 0 Å². The molecule has 0 amide bonds. The number of thiophene rings is 2. The van der Waals surface area contributed by atoms with Crippen molar-refractivity contribution in [2.75, 3.05) is 7.05 Å². The number of hydrogen-bond donors (Lipinski definition) is 1. The van der Waals surface area contributed by atoms with Crippen LogP contribution in [0.15, 0.2) is 26.7 Å². The second kappa shape index (κ2) is 5.45. The van der Waals surface area contributed by atoms with Gasteiger partial charge in [-0.3, -0.25) is 0 Å². The molecule has 0 aliphatic rings. The molecule has 1 N–H and O–H groups in total. The van der Waals surface area contributed by atoms with Gasteiger partial charge in [-0.05, 0) is 63.2 Å². The summed E-state index contributed by atoms with van der Waals surface area (Å²) in [6.45, 7) is 2.18. The lowest BCUT2D eigenvalue weighted by Gasteiger charge is -2.15. The lowest BCUT2D eigenvalue weighted by Crippen LogP contribution is -2.18. The summed E-state index contributed by atoms with van der Waals surface area (Å²) in [5, 5.41) is 9.99. The second-order valence-electron chi connectivity index (χ2n) is 3.75. The fourth-order valence-corrected chi connectivity index (χ4v) is 4.22. The molecule has 0 saturated heterocycles. The molecule has 2 rings (SSSR count). The highest BCUT2D eigenvalue weighted by Gasteiger charge is 2.15. The minimum atomic E-state index is 0.418. The van der Waals surface area contributed by atoms with Crippen LogP contribution in [0.25, 0.3) is 0 Å². The lowest BCUT2D eigenvalue weighted by molar-refractivity contribution is 0.595. The zero-order valence-corrected chi connectivity index (χ0v) is 12.5. The summed E-state index contributed by atoms with van der Waals surface area (Å²) in [7, 11) is 2.03. The van der Waals surface area contributed by atoms with Crippen molar-refractivity contribution in [3.63, 3.8) is 0 Å². The summed E-state index contributed by atoms with van der Waals surface area (Å²) < 4.78 is 1.23. The molecule has 4 heteroatoms. The topological polar surface area (TPSA) is 12.0 Å². The Morgan fingerprint density at radius 2 is 2.25 bits per heavy atom. The van der Waals surface area contributed by atoms with E-state index in [0.29, 0.717) is 6.04 Å². The normalized spacial score (nSPS) is 12.9. The standard InChI is InChI=1S/C12H14BrNS2/c1-8-6-15-7-9(8)11(14-2)5-12-10(13)3-4-16-12/h3-4,6-7,11,14H,5H2,1-2H3. The molecular formula is C12H14BrNS2. The molecule has 2 heterocycles. The first kappa shape index (κ1) is 12.3. The maximum absolute atomic E-state index is 3.59. The summed E-state index contributed by atoms with van der Waals surface area (Å²) in [6, 6.07) is 2.54. The molecule has 0 aliphatic heterocycles. The van der Waals surface area contributed by atoms with Gasteiger partial charge >= 0.3 is 0 Å². The Kier molecular flexibility index (Phi) is 4.19. The van der Waals surface area contributed by atoms with E-state index < -0.39 is 0 Å². The van der Waals surface area contributed by atoms with Gasteiger partial charge in [-0.2, -0.15) is 11.3 Å². The molecule has 2 aromatic heterocycles. The highest BCUT2D eigenvalue weighted by atomic mass is 79.9. The van der Waals surface area contributed by atoms with E-state index in [2.05, 4.69) is 50.4 Å². The van der Waals surface area contributed by atoms with E-state index in [-0.39, 0.29) is 0 Å². The highest BCUT2D eigenvalue weighted by molar-refractivity contribution is 9.10. The quantitative estimate of drug-likeness (QED) is 0.882. The second-order valence-corrected chi connectivity index (χ2v) is 6.35. The van der Waals surface area contributed by atoms with Gasteiger partial charge in [0.05, 0.1) is 0 Å². The first-order valence-electron chi connectivity index (χ1n) is 5.14. The Balaban J connectivity index is 2.19. The van der Waals surface area contributed by atoms with Crippen molar-refractivity contribution in [2.24, 2.45) is 0 Å². The molecule has 0 spiro atoms. The summed E-state index contributed by atoms with van der Waals surface area (Å²) >= 11 is 7.18.